The Bertz CT molecular complexity index is 1720. The molecule has 0 bridgehead atoms. The van der Waals surface area contributed by atoms with Gasteiger partial charge in [0.2, 0.25) is 5.82 Å². The maximum Gasteiger partial charge on any atom is 0.490 e. The van der Waals surface area contributed by atoms with Gasteiger partial charge in [0.25, 0.3) is 0 Å². The van der Waals surface area contributed by atoms with Crippen LogP contribution in [0.25, 0.3) is 11.0 Å². The molecule has 4 atom stereocenters. The number of likely N-dealkylation sites (tertiary alicyclic amines) is 2. The van der Waals surface area contributed by atoms with Gasteiger partial charge in [0, 0.05) is 37.0 Å². The number of imidazole rings is 1. The van der Waals surface area contributed by atoms with Gasteiger partial charge < -0.3 is 31.4 Å². The number of piperidine rings is 2. The van der Waals surface area contributed by atoms with Crippen molar-refractivity contribution in [2.45, 2.75) is 102 Å². The molecule has 4 unspecified atom stereocenters. The van der Waals surface area contributed by atoms with Gasteiger partial charge in [0.15, 0.2) is 0 Å². The van der Waals surface area contributed by atoms with Crippen molar-refractivity contribution in [3.05, 3.63) is 53.3 Å². The highest BCUT2D eigenvalue weighted by Gasteiger charge is 2.66. The van der Waals surface area contributed by atoms with Gasteiger partial charge in [0.05, 0.1) is 22.4 Å². The van der Waals surface area contributed by atoms with Crippen molar-refractivity contribution >= 4 is 28.4 Å². The Balaban J connectivity index is 0.000000180. The molecule has 3 aromatic rings. The number of carbonyl (C=O) groups is 1. The molecule has 2 aliphatic heterocycles. The Morgan fingerprint density at radius 2 is 1.20 bits per heavy atom. The fourth-order valence-corrected chi connectivity index (χ4v) is 9.06. The van der Waals surface area contributed by atoms with Crippen LogP contribution in [-0.4, -0.2) is 76.3 Å². The van der Waals surface area contributed by atoms with Gasteiger partial charge in [-0.2, -0.15) is 26.3 Å². The zero-order valence-electron chi connectivity index (χ0n) is 31.8. The van der Waals surface area contributed by atoms with Crippen molar-refractivity contribution in [2.24, 2.45) is 23.7 Å². The van der Waals surface area contributed by atoms with E-state index < -0.39 is 24.1 Å². The van der Waals surface area contributed by atoms with Gasteiger partial charge in [-0.3, -0.25) is 0 Å². The predicted molar refractivity (Wildman–Crippen MR) is 200 cm³/mol. The number of benzene rings is 2. The first kappa shape index (κ1) is 41.6. The minimum Gasteiger partial charge on any atom is -0.475 e. The van der Waals surface area contributed by atoms with Gasteiger partial charge in [-0.05, 0) is 85.0 Å². The van der Waals surface area contributed by atoms with E-state index >= 15 is 0 Å². The summed E-state index contributed by atoms with van der Waals surface area (Å²) in [5.41, 5.74) is 17.1. The number of alkyl halides is 6. The maximum absolute atomic E-state index is 12.9. The minimum atomic E-state index is -5.08. The number of hydrogen-bond acceptors (Lipinski definition) is 6. The molecule has 2 aliphatic carbocycles. The number of unbranched alkanes of at least 4 members (excludes halogenated alkanes) is 6. The number of aromatic amines is 1. The molecule has 0 radical (unpaired) electrons. The molecule has 54 heavy (non-hydrogen) atoms. The molecule has 8 nitrogen and oxygen atoms in total. The lowest BCUT2D eigenvalue weighted by molar-refractivity contribution is -0.192. The van der Waals surface area contributed by atoms with Gasteiger partial charge in [-0.25, -0.2) is 9.78 Å². The molecule has 1 aromatic heterocycles. The number of rotatable bonds is 12. The number of hydrogen-bond donors (Lipinski definition) is 4. The van der Waals surface area contributed by atoms with Crippen LogP contribution in [0, 0.1) is 23.7 Å². The van der Waals surface area contributed by atoms with Crippen molar-refractivity contribution in [3.63, 3.8) is 0 Å². The number of aliphatic carboxylic acids is 1. The number of nitrogen functional groups attached to an aromatic ring is 2. The molecule has 3 heterocycles. The van der Waals surface area contributed by atoms with Gasteiger partial charge >= 0.3 is 18.3 Å². The van der Waals surface area contributed by atoms with Crippen LogP contribution in [0.3, 0.4) is 0 Å². The number of carboxylic acids is 1. The number of H-pyrrole nitrogens is 1. The summed E-state index contributed by atoms with van der Waals surface area (Å²) in [6, 6.07) is 11.8. The minimum absolute atomic E-state index is 0.0949. The Morgan fingerprint density at radius 1 is 0.759 bits per heavy atom. The third-order valence-corrected chi connectivity index (χ3v) is 12.6. The first-order valence-corrected chi connectivity index (χ1v) is 19.3. The van der Waals surface area contributed by atoms with Crippen molar-refractivity contribution in [1.82, 2.24) is 19.8 Å². The molecule has 14 heteroatoms. The van der Waals surface area contributed by atoms with E-state index in [1.54, 1.807) is 6.07 Å². The van der Waals surface area contributed by atoms with E-state index in [4.69, 9.17) is 21.4 Å². The normalized spacial score (nSPS) is 27.4. The van der Waals surface area contributed by atoms with E-state index in [2.05, 4.69) is 59.6 Å². The molecule has 4 fully saturated rings. The van der Waals surface area contributed by atoms with Crippen LogP contribution in [-0.2, 0) is 21.8 Å². The second-order valence-electron chi connectivity index (χ2n) is 16.1. The summed E-state index contributed by atoms with van der Waals surface area (Å²) in [6.45, 7) is 16.4. The average molecular weight is 767 g/mol. The highest BCUT2D eigenvalue weighted by Crippen LogP contribution is 2.64. The molecule has 2 aromatic carbocycles. The van der Waals surface area contributed by atoms with Crippen molar-refractivity contribution in [3.8, 4) is 0 Å². The van der Waals surface area contributed by atoms with Crippen molar-refractivity contribution < 1.29 is 36.2 Å². The number of aromatic nitrogens is 2. The maximum atomic E-state index is 12.9. The number of fused-ring (bicyclic) bond motifs is 3. The third-order valence-electron chi connectivity index (χ3n) is 12.6. The number of nitrogens with two attached hydrogens (primary N) is 2. The SMILES string of the molecule is CCCCCCN1CC2C(C1)C2(C)c1ccc(N)c(N)c1.CCCCCCN1CC2C(C1)C2(C)c1ccc2nc(C(F)(F)F)[nH]c2c1.O=C(O)C(F)(F)F. The van der Waals surface area contributed by atoms with Gasteiger partial charge in [-0.1, -0.05) is 78.4 Å². The Morgan fingerprint density at radius 3 is 1.61 bits per heavy atom. The summed E-state index contributed by atoms with van der Waals surface area (Å²) < 4.78 is 70.3. The van der Waals surface area contributed by atoms with Crippen molar-refractivity contribution in [2.75, 3.05) is 50.7 Å². The Labute approximate surface area is 314 Å². The number of carboxylic acid groups (broad SMARTS) is 1. The van der Waals surface area contributed by atoms with Crippen LogP contribution < -0.4 is 11.5 Å². The second kappa shape index (κ2) is 16.3. The lowest BCUT2D eigenvalue weighted by Gasteiger charge is -2.24. The fraction of sp³-hybridized carbons (Fsp3) is 0.650. The summed E-state index contributed by atoms with van der Waals surface area (Å²) in [5, 5.41) is 7.12. The summed E-state index contributed by atoms with van der Waals surface area (Å²) in [6.07, 6.45) is 1.06. The zero-order valence-corrected chi connectivity index (χ0v) is 31.8. The average Bonchev–Trinajstić information content (AvgIpc) is 3.54. The Kier molecular flexibility index (Phi) is 12.6. The molecule has 7 rings (SSSR count). The number of nitrogens with one attached hydrogen (secondary N) is 1. The molecule has 2 saturated heterocycles. The Hall–Kier alpha value is -3.52. The molecule has 6 N–H and O–H groups in total. The summed E-state index contributed by atoms with van der Waals surface area (Å²) >= 11 is 0. The monoisotopic (exact) mass is 766 g/mol. The van der Waals surface area contributed by atoms with Crippen LogP contribution >= 0.6 is 0 Å². The number of nitrogens with zero attached hydrogens (tertiary/aromatic N) is 3. The summed E-state index contributed by atoms with van der Waals surface area (Å²) in [5.74, 6) is -0.804. The molecular formula is C40H56F6N6O2. The highest BCUT2D eigenvalue weighted by molar-refractivity contribution is 5.77. The predicted octanol–water partition coefficient (Wildman–Crippen LogP) is 8.87. The first-order valence-electron chi connectivity index (χ1n) is 19.3. The molecule has 0 spiro atoms. The summed E-state index contributed by atoms with van der Waals surface area (Å²) in [4.78, 5) is 20.2. The molecule has 2 saturated carbocycles. The lowest BCUT2D eigenvalue weighted by atomic mass is 9.91. The lowest BCUT2D eigenvalue weighted by Crippen LogP contribution is -2.29. The quantitative estimate of drug-likeness (QED) is 0.0825. The number of halogens is 6. The number of anilines is 2. The standard InChI is InChI=1S/C20H26F3N3.C18H29N3.C2HF3O2/c1-3-4-5-6-9-26-11-14-15(12-26)19(14,2)13-7-8-16-17(10-13)25-18(24-16)20(21,22)23;1-3-4-5-6-9-21-11-14-15(12-21)18(14,2)13-7-8-16(19)17(20)10-13;3-2(4,5)1(6)7/h7-8,10,14-15H,3-6,9,11-12H2,1-2H3,(H,24,25);7-8,10,14-15H,3-6,9,11-12,19-20H2,1-2H3;(H,6,7). The zero-order chi connectivity index (χ0) is 39.6. The third kappa shape index (κ3) is 8.95. The van der Waals surface area contributed by atoms with Crippen molar-refractivity contribution in [1.29, 1.82) is 0 Å². The van der Waals surface area contributed by atoms with E-state index in [1.165, 1.54) is 83.1 Å². The first-order chi connectivity index (χ1) is 25.3. The van der Waals surface area contributed by atoms with Crippen LogP contribution in [0.2, 0.25) is 0 Å². The highest BCUT2D eigenvalue weighted by atomic mass is 19.4. The molecule has 0 amide bonds. The largest absolute Gasteiger partial charge is 0.490 e. The van der Waals surface area contributed by atoms with Gasteiger partial charge in [0.1, 0.15) is 0 Å². The fourth-order valence-electron chi connectivity index (χ4n) is 9.06. The van der Waals surface area contributed by atoms with E-state index in [9.17, 15) is 26.3 Å². The van der Waals surface area contributed by atoms with E-state index in [0.717, 1.165) is 36.2 Å². The van der Waals surface area contributed by atoms with Crippen LogP contribution in [0.15, 0.2) is 36.4 Å². The van der Waals surface area contributed by atoms with E-state index in [0.29, 0.717) is 34.0 Å². The molecular weight excluding hydrogens is 710 g/mol. The summed E-state index contributed by atoms with van der Waals surface area (Å²) in [7, 11) is 0. The second-order valence-corrected chi connectivity index (χ2v) is 16.1. The van der Waals surface area contributed by atoms with Gasteiger partial charge in [-0.15, -0.1) is 0 Å². The van der Waals surface area contributed by atoms with E-state index in [-0.39, 0.29) is 5.41 Å². The smallest absolute Gasteiger partial charge is 0.475 e. The van der Waals surface area contributed by atoms with Crippen LogP contribution in [0.4, 0.5) is 37.7 Å². The van der Waals surface area contributed by atoms with Crippen LogP contribution in [0.1, 0.15) is 96.0 Å². The molecule has 300 valence electrons. The van der Waals surface area contributed by atoms with E-state index in [1.807, 2.05) is 18.2 Å². The molecule has 4 aliphatic rings. The van der Waals surface area contributed by atoms with Crippen LogP contribution in [0.5, 0.6) is 0 Å². The topological polar surface area (TPSA) is 124 Å².